The van der Waals surface area contributed by atoms with Crippen molar-refractivity contribution in [1.29, 1.82) is 0 Å². The molecule has 0 aliphatic carbocycles. The van der Waals surface area contributed by atoms with Gasteiger partial charge in [-0.05, 0) is 0 Å². The lowest BCUT2D eigenvalue weighted by molar-refractivity contribution is -0.121. The van der Waals surface area contributed by atoms with Crippen molar-refractivity contribution < 1.29 is 9.59 Å². The third kappa shape index (κ3) is 2.70. The molecule has 15 heavy (non-hydrogen) atoms. The van der Waals surface area contributed by atoms with Crippen molar-refractivity contribution in [3.8, 4) is 0 Å². The minimum absolute atomic E-state index is 0.00570. The van der Waals surface area contributed by atoms with Crippen LogP contribution in [0.5, 0.6) is 0 Å². The SMILES string of the molecule is CNC(=O)CN(C)C(=O)c1cc(N)n[nH]1. The summed E-state index contributed by atoms with van der Waals surface area (Å²) in [6, 6.07) is 1.42. The number of carbonyl (C=O) groups excluding carboxylic acids is 2. The van der Waals surface area contributed by atoms with Gasteiger partial charge in [0.15, 0.2) is 0 Å². The van der Waals surface area contributed by atoms with E-state index in [4.69, 9.17) is 5.73 Å². The van der Waals surface area contributed by atoms with E-state index in [0.717, 1.165) is 0 Å². The summed E-state index contributed by atoms with van der Waals surface area (Å²) in [6.07, 6.45) is 0. The van der Waals surface area contributed by atoms with E-state index in [1.54, 1.807) is 0 Å². The zero-order chi connectivity index (χ0) is 11.4. The molecule has 0 bridgehead atoms. The van der Waals surface area contributed by atoms with Gasteiger partial charge < -0.3 is 16.0 Å². The number of carbonyl (C=O) groups is 2. The number of nitrogen functional groups attached to an aromatic ring is 1. The Morgan fingerprint density at radius 3 is 2.80 bits per heavy atom. The van der Waals surface area contributed by atoms with Crippen LogP contribution in [-0.4, -0.2) is 47.6 Å². The number of hydrogen-bond donors (Lipinski definition) is 3. The summed E-state index contributed by atoms with van der Waals surface area (Å²) in [5.41, 5.74) is 5.61. The monoisotopic (exact) mass is 211 g/mol. The quantitative estimate of drug-likeness (QED) is 0.584. The molecule has 7 heteroatoms. The van der Waals surface area contributed by atoms with E-state index in [2.05, 4.69) is 15.5 Å². The molecule has 0 saturated heterocycles. The number of nitrogens with zero attached hydrogens (tertiary/aromatic N) is 2. The van der Waals surface area contributed by atoms with E-state index >= 15 is 0 Å². The lowest BCUT2D eigenvalue weighted by Gasteiger charge is -2.14. The summed E-state index contributed by atoms with van der Waals surface area (Å²) in [5, 5.41) is 8.53. The minimum atomic E-state index is -0.331. The van der Waals surface area contributed by atoms with Gasteiger partial charge in [0.05, 0.1) is 6.54 Å². The maximum atomic E-state index is 11.6. The molecule has 1 heterocycles. The molecule has 4 N–H and O–H groups in total. The molecule has 0 aliphatic heterocycles. The number of H-pyrrole nitrogens is 1. The molecular weight excluding hydrogens is 198 g/mol. The highest BCUT2D eigenvalue weighted by Crippen LogP contribution is 2.03. The molecule has 0 radical (unpaired) electrons. The number of amides is 2. The minimum Gasteiger partial charge on any atom is -0.382 e. The Kier molecular flexibility index (Phi) is 3.27. The van der Waals surface area contributed by atoms with Crippen molar-refractivity contribution >= 4 is 17.6 Å². The van der Waals surface area contributed by atoms with Gasteiger partial charge in [-0.3, -0.25) is 14.7 Å². The third-order valence-electron chi connectivity index (χ3n) is 1.83. The van der Waals surface area contributed by atoms with Gasteiger partial charge in [-0.15, -0.1) is 0 Å². The highest BCUT2D eigenvalue weighted by molar-refractivity contribution is 5.95. The molecule has 82 valence electrons. The van der Waals surface area contributed by atoms with E-state index in [-0.39, 0.29) is 29.9 Å². The second-order valence-electron chi connectivity index (χ2n) is 3.04. The van der Waals surface area contributed by atoms with Crippen LogP contribution in [0, 0.1) is 0 Å². The summed E-state index contributed by atoms with van der Waals surface area (Å²) < 4.78 is 0. The first kappa shape index (κ1) is 11.0. The number of anilines is 1. The van der Waals surface area contributed by atoms with Crippen LogP contribution in [0.3, 0.4) is 0 Å². The Balaban J connectivity index is 2.64. The van der Waals surface area contributed by atoms with E-state index in [1.165, 1.54) is 25.1 Å². The van der Waals surface area contributed by atoms with Crippen LogP contribution in [0.4, 0.5) is 5.82 Å². The Morgan fingerprint density at radius 1 is 1.67 bits per heavy atom. The number of aromatic amines is 1. The fraction of sp³-hybridized carbons (Fsp3) is 0.375. The van der Waals surface area contributed by atoms with Crippen molar-refractivity contribution in [1.82, 2.24) is 20.4 Å². The van der Waals surface area contributed by atoms with Crippen LogP contribution < -0.4 is 11.1 Å². The van der Waals surface area contributed by atoms with Crippen LogP contribution in [-0.2, 0) is 4.79 Å². The van der Waals surface area contributed by atoms with Gasteiger partial charge >= 0.3 is 0 Å². The summed E-state index contributed by atoms with van der Waals surface area (Å²) in [4.78, 5) is 23.9. The van der Waals surface area contributed by atoms with Crippen LogP contribution >= 0.6 is 0 Å². The first-order valence-corrected chi connectivity index (χ1v) is 4.31. The van der Waals surface area contributed by atoms with Gasteiger partial charge in [-0.25, -0.2) is 0 Å². The Bertz CT molecular complexity index is 373. The molecule has 0 aliphatic rings. The second-order valence-corrected chi connectivity index (χ2v) is 3.04. The van der Waals surface area contributed by atoms with Gasteiger partial charge in [0.1, 0.15) is 11.5 Å². The predicted molar refractivity (Wildman–Crippen MR) is 54.0 cm³/mol. The molecule has 0 saturated carbocycles. The van der Waals surface area contributed by atoms with Crippen molar-refractivity contribution in [2.45, 2.75) is 0 Å². The van der Waals surface area contributed by atoms with E-state index in [1.807, 2.05) is 0 Å². The van der Waals surface area contributed by atoms with E-state index in [0.29, 0.717) is 0 Å². The number of hydrogen-bond acceptors (Lipinski definition) is 4. The number of nitrogens with one attached hydrogen (secondary N) is 2. The Hall–Kier alpha value is -2.05. The average molecular weight is 211 g/mol. The van der Waals surface area contributed by atoms with Crippen LogP contribution in [0.15, 0.2) is 6.07 Å². The van der Waals surface area contributed by atoms with E-state index < -0.39 is 0 Å². The van der Waals surface area contributed by atoms with Crippen LogP contribution in [0.25, 0.3) is 0 Å². The maximum absolute atomic E-state index is 11.6. The Morgan fingerprint density at radius 2 is 2.33 bits per heavy atom. The number of aromatic nitrogens is 2. The van der Waals surface area contributed by atoms with Gasteiger partial charge in [-0.1, -0.05) is 0 Å². The van der Waals surface area contributed by atoms with Crippen molar-refractivity contribution in [3.63, 3.8) is 0 Å². The largest absolute Gasteiger partial charge is 0.382 e. The zero-order valence-electron chi connectivity index (χ0n) is 8.57. The first-order valence-electron chi connectivity index (χ1n) is 4.31. The lowest BCUT2D eigenvalue weighted by Crippen LogP contribution is -2.37. The zero-order valence-corrected chi connectivity index (χ0v) is 8.57. The molecule has 2 amide bonds. The smallest absolute Gasteiger partial charge is 0.272 e. The summed E-state index contributed by atoms with van der Waals surface area (Å²) in [6.45, 7) is -0.00570. The summed E-state index contributed by atoms with van der Waals surface area (Å²) in [7, 11) is 3.03. The third-order valence-corrected chi connectivity index (χ3v) is 1.83. The van der Waals surface area contributed by atoms with Crippen molar-refractivity contribution in [2.75, 3.05) is 26.4 Å². The number of rotatable bonds is 3. The second kappa shape index (κ2) is 4.45. The summed E-state index contributed by atoms with van der Waals surface area (Å²) >= 11 is 0. The van der Waals surface area contributed by atoms with Crippen LogP contribution in [0.1, 0.15) is 10.5 Å². The molecule has 0 unspecified atom stereocenters. The molecule has 1 rings (SSSR count). The summed E-state index contributed by atoms with van der Waals surface area (Å²) in [5.74, 6) is -0.326. The molecule has 1 aromatic heterocycles. The number of likely N-dealkylation sites (N-methyl/N-ethyl adjacent to an activating group) is 2. The molecule has 0 aromatic carbocycles. The fourth-order valence-electron chi connectivity index (χ4n) is 1.02. The van der Waals surface area contributed by atoms with Gasteiger partial charge in [-0.2, -0.15) is 5.10 Å². The number of nitrogens with two attached hydrogens (primary N) is 1. The van der Waals surface area contributed by atoms with Gasteiger partial charge in [0.25, 0.3) is 5.91 Å². The fourth-order valence-corrected chi connectivity index (χ4v) is 1.02. The highest BCUT2D eigenvalue weighted by atomic mass is 16.2. The first-order chi connectivity index (χ1) is 7.04. The molecule has 7 nitrogen and oxygen atoms in total. The molecule has 0 atom stereocenters. The van der Waals surface area contributed by atoms with Gasteiger partial charge in [0.2, 0.25) is 5.91 Å². The highest BCUT2D eigenvalue weighted by Gasteiger charge is 2.15. The van der Waals surface area contributed by atoms with Crippen LogP contribution in [0.2, 0.25) is 0 Å². The van der Waals surface area contributed by atoms with Crippen molar-refractivity contribution in [3.05, 3.63) is 11.8 Å². The van der Waals surface area contributed by atoms with E-state index in [9.17, 15) is 9.59 Å². The molecule has 0 fully saturated rings. The molecule has 1 aromatic rings. The topological polar surface area (TPSA) is 104 Å². The molecule has 0 spiro atoms. The van der Waals surface area contributed by atoms with Gasteiger partial charge in [0, 0.05) is 20.2 Å². The average Bonchev–Trinajstić information content (AvgIpc) is 2.63. The normalized spacial score (nSPS) is 9.73. The van der Waals surface area contributed by atoms with Crippen molar-refractivity contribution in [2.24, 2.45) is 0 Å². The standard InChI is InChI=1S/C8H13N5O2/c1-10-7(14)4-13(2)8(15)5-3-6(9)12-11-5/h3H,4H2,1-2H3,(H,10,14)(H3,9,11,12). The lowest BCUT2D eigenvalue weighted by atomic mass is 10.3. The predicted octanol–water partition coefficient (Wildman–Crippen LogP) is -1.19. The Labute approximate surface area is 86.6 Å². The molecular formula is C8H13N5O2. The maximum Gasteiger partial charge on any atom is 0.272 e.